The molecule has 0 saturated heterocycles. The highest BCUT2D eigenvalue weighted by molar-refractivity contribution is 6.29. The smallest absolute Gasteiger partial charge is 0.116 e. The summed E-state index contributed by atoms with van der Waals surface area (Å²) in [7, 11) is 0. The maximum absolute atomic E-state index is 4.44. The van der Waals surface area contributed by atoms with E-state index in [-0.39, 0.29) is 0 Å². The monoisotopic (exact) mass is 242 g/mol. The van der Waals surface area contributed by atoms with Crippen molar-refractivity contribution in [2.75, 3.05) is 0 Å². The topological polar surface area (TPSA) is 24.7 Å². The number of fused-ring (bicyclic) bond motifs is 1. The van der Waals surface area contributed by atoms with Gasteiger partial charge < -0.3 is 0 Å². The zero-order valence-electron chi connectivity index (χ0n) is 10.2. The van der Waals surface area contributed by atoms with E-state index in [1.807, 2.05) is 0 Å². The first-order valence-electron chi connectivity index (χ1n) is 6.49. The Morgan fingerprint density at radius 2 is 1.68 bits per heavy atom. The Kier molecular flexibility index (Phi) is 1.54. The molecule has 0 fully saturated rings. The van der Waals surface area contributed by atoms with Gasteiger partial charge in [-0.2, -0.15) is 0 Å². The van der Waals surface area contributed by atoms with Crippen LogP contribution in [0.1, 0.15) is 5.56 Å². The molecule has 0 radical (unpaired) electrons. The number of aliphatic imine (C=N–C) groups is 2. The average Bonchev–Trinajstić information content (AvgIpc) is 2.92. The van der Waals surface area contributed by atoms with Gasteiger partial charge in [0.25, 0.3) is 0 Å². The van der Waals surface area contributed by atoms with Crippen LogP contribution in [-0.2, 0) is 6.42 Å². The molecule has 0 spiro atoms. The van der Waals surface area contributed by atoms with Crippen LogP contribution in [0.3, 0.4) is 0 Å². The van der Waals surface area contributed by atoms with Crippen LogP contribution in [0.2, 0.25) is 0 Å². The molecule has 5 rings (SSSR count). The Hall–Kier alpha value is -2.48. The molecule has 0 aromatic heterocycles. The summed E-state index contributed by atoms with van der Waals surface area (Å²) >= 11 is 0. The summed E-state index contributed by atoms with van der Waals surface area (Å²) in [5.74, 6) is 0. The molecule has 3 aromatic rings. The molecule has 88 valence electrons. The molecule has 0 saturated carbocycles. The van der Waals surface area contributed by atoms with Crippen molar-refractivity contribution in [2.45, 2.75) is 6.42 Å². The molecule has 0 atom stereocenters. The molecule has 1 aliphatic carbocycles. The average molecular weight is 242 g/mol. The minimum Gasteiger partial charge on any atom is -0.239 e. The molecular formula is C17H10N2. The van der Waals surface area contributed by atoms with Crippen LogP contribution in [0, 0.1) is 0 Å². The SMILES string of the molecule is C1=NC2=c3ccc4cccc5ccc(c3c54)CC2=N1. The standard InChI is InChI=1S/C17H10N2/c1-2-10-4-5-12-8-14-17(19-9-18-14)13-7-6-11(3-1)15(10)16(12)13/h1-7,9H,8H2. The minimum absolute atomic E-state index is 0.895. The van der Waals surface area contributed by atoms with E-state index in [9.17, 15) is 0 Å². The Bertz CT molecular complexity index is 962. The minimum atomic E-state index is 0.895. The molecule has 0 amide bonds. The van der Waals surface area contributed by atoms with Gasteiger partial charge in [-0.15, -0.1) is 0 Å². The van der Waals surface area contributed by atoms with Gasteiger partial charge in [0.1, 0.15) is 6.34 Å². The predicted octanol–water partition coefficient (Wildman–Crippen LogP) is 2.86. The van der Waals surface area contributed by atoms with E-state index < -0.39 is 0 Å². The van der Waals surface area contributed by atoms with Crippen molar-refractivity contribution in [2.24, 2.45) is 9.98 Å². The number of rotatable bonds is 0. The second kappa shape index (κ2) is 3.09. The van der Waals surface area contributed by atoms with Gasteiger partial charge in [-0.1, -0.05) is 42.5 Å². The van der Waals surface area contributed by atoms with E-state index in [0.717, 1.165) is 17.8 Å². The third-order valence-electron chi connectivity index (χ3n) is 4.15. The summed E-state index contributed by atoms with van der Waals surface area (Å²) in [6, 6.07) is 15.3. The lowest BCUT2D eigenvalue weighted by Gasteiger charge is -2.16. The summed E-state index contributed by atoms with van der Waals surface area (Å²) in [5, 5.41) is 6.58. The van der Waals surface area contributed by atoms with Crippen LogP contribution in [0.25, 0.3) is 27.2 Å². The maximum Gasteiger partial charge on any atom is 0.116 e. The highest BCUT2D eigenvalue weighted by Gasteiger charge is 2.21. The third-order valence-corrected chi connectivity index (χ3v) is 4.15. The Morgan fingerprint density at radius 3 is 2.58 bits per heavy atom. The molecule has 1 heterocycles. The van der Waals surface area contributed by atoms with Crippen molar-refractivity contribution < 1.29 is 0 Å². The summed E-state index contributed by atoms with van der Waals surface area (Å²) < 4.78 is 0. The van der Waals surface area contributed by atoms with Gasteiger partial charge >= 0.3 is 0 Å². The van der Waals surface area contributed by atoms with Crippen LogP contribution in [-0.4, -0.2) is 12.1 Å². The Labute approximate surface area is 109 Å². The van der Waals surface area contributed by atoms with Crippen molar-refractivity contribution in [3.63, 3.8) is 0 Å². The zero-order valence-corrected chi connectivity index (χ0v) is 10.2. The molecule has 3 aromatic carbocycles. The Morgan fingerprint density at radius 1 is 0.842 bits per heavy atom. The van der Waals surface area contributed by atoms with Gasteiger partial charge in [0, 0.05) is 11.6 Å². The zero-order chi connectivity index (χ0) is 12.4. The molecule has 1 aliphatic heterocycles. The molecule has 19 heavy (non-hydrogen) atoms. The number of hydrogen-bond acceptors (Lipinski definition) is 2. The normalized spacial score (nSPS) is 16.2. The van der Waals surface area contributed by atoms with Crippen LogP contribution in [0.15, 0.2) is 52.4 Å². The molecule has 0 N–H and O–H groups in total. The highest BCUT2D eigenvalue weighted by Crippen LogP contribution is 2.31. The lowest BCUT2D eigenvalue weighted by Crippen LogP contribution is -2.20. The molecule has 2 nitrogen and oxygen atoms in total. The maximum atomic E-state index is 4.44. The van der Waals surface area contributed by atoms with Crippen LogP contribution < -0.4 is 5.22 Å². The largest absolute Gasteiger partial charge is 0.239 e. The van der Waals surface area contributed by atoms with Gasteiger partial charge in [0.05, 0.1) is 11.4 Å². The second-order valence-corrected chi connectivity index (χ2v) is 5.14. The number of nitrogens with zero attached hydrogens (tertiary/aromatic N) is 2. The summed E-state index contributed by atoms with van der Waals surface area (Å²) in [6.45, 7) is 0. The van der Waals surface area contributed by atoms with E-state index in [2.05, 4.69) is 52.4 Å². The highest BCUT2D eigenvalue weighted by atomic mass is 15.0. The van der Waals surface area contributed by atoms with E-state index in [0.29, 0.717) is 0 Å². The van der Waals surface area contributed by atoms with E-state index in [1.165, 1.54) is 32.3 Å². The van der Waals surface area contributed by atoms with Gasteiger partial charge in [0.2, 0.25) is 0 Å². The number of hydrogen-bond donors (Lipinski definition) is 0. The third kappa shape index (κ3) is 1.07. The van der Waals surface area contributed by atoms with Gasteiger partial charge in [0.15, 0.2) is 0 Å². The van der Waals surface area contributed by atoms with Crippen molar-refractivity contribution >= 4 is 39.3 Å². The fourth-order valence-electron chi connectivity index (χ4n) is 3.32. The first-order chi connectivity index (χ1) is 9.42. The molecule has 0 unspecified atom stereocenters. The van der Waals surface area contributed by atoms with Crippen LogP contribution in [0.4, 0.5) is 0 Å². The second-order valence-electron chi connectivity index (χ2n) is 5.14. The Balaban J connectivity index is 2.19. The van der Waals surface area contributed by atoms with Crippen molar-refractivity contribution in [3.05, 3.63) is 53.2 Å². The predicted molar refractivity (Wildman–Crippen MR) is 79.7 cm³/mol. The van der Waals surface area contributed by atoms with Gasteiger partial charge in [-0.25, -0.2) is 9.98 Å². The van der Waals surface area contributed by atoms with Crippen molar-refractivity contribution in [1.82, 2.24) is 0 Å². The summed E-state index contributed by atoms with van der Waals surface area (Å²) in [6.07, 6.45) is 2.57. The first kappa shape index (κ1) is 9.45. The first-order valence-corrected chi connectivity index (χ1v) is 6.49. The van der Waals surface area contributed by atoms with E-state index in [4.69, 9.17) is 0 Å². The quantitative estimate of drug-likeness (QED) is 0.579. The molecule has 2 heteroatoms. The lowest BCUT2D eigenvalue weighted by atomic mass is 9.88. The fourth-order valence-corrected chi connectivity index (χ4v) is 3.32. The fraction of sp³-hybridized carbons (Fsp3) is 0.0588. The van der Waals surface area contributed by atoms with Gasteiger partial charge in [-0.05, 0) is 27.1 Å². The van der Waals surface area contributed by atoms with Crippen LogP contribution in [0.5, 0.6) is 0 Å². The van der Waals surface area contributed by atoms with Crippen molar-refractivity contribution in [3.8, 4) is 0 Å². The van der Waals surface area contributed by atoms with E-state index >= 15 is 0 Å². The van der Waals surface area contributed by atoms with E-state index in [1.54, 1.807) is 6.34 Å². The lowest BCUT2D eigenvalue weighted by molar-refractivity contribution is 1.34. The van der Waals surface area contributed by atoms with Gasteiger partial charge in [-0.3, -0.25) is 0 Å². The summed E-state index contributed by atoms with van der Waals surface area (Å²) in [5.41, 5.74) is 3.53. The van der Waals surface area contributed by atoms with Crippen molar-refractivity contribution in [1.29, 1.82) is 0 Å². The molecule has 2 aliphatic rings. The molecule has 0 bridgehead atoms. The molecular weight excluding hydrogens is 232 g/mol. The summed E-state index contributed by atoms with van der Waals surface area (Å²) in [4.78, 5) is 8.83. The number of benzene rings is 3. The van der Waals surface area contributed by atoms with Crippen LogP contribution >= 0.6 is 0 Å².